The first-order chi connectivity index (χ1) is 11.5. The average molecular weight is 342 g/mol. The predicted molar refractivity (Wildman–Crippen MR) is 92.1 cm³/mol. The highest BCUT2D eigenvalue weighted by molar-refractivity contribution is 7.90. The molecular weight excluding hydrogens is 324 g/mol. The van der Waals surface area contributed by atoms with Gasteiger partial charge in [-0.1, -0.05) is 30.3 Å². The number of esters is 1. The fraction of sp³-hybridized carbons (Fsp3) is 0.211. The Morgan fingerprint density at radius 1 is 1.04 bits per heavy atom. The van der Waals surface area contributed by atoms with E-state index in [2.05, 4.69) is 5.92 Å². The molecule has 0 aromatic heterocycles. The van der Waals surface area contributed by atoms with Crippen molar-refractivity contribution >= 4 is 15.8 Å². The van der Waals surface area contributed by atoms with Crippen LogP contribution in [-0.2, 0) is 20.3 Å². The van der Waals surface area contributed by atoms with Crippen LogP contribution in [0.2, 0.25) is 0 Å². The molecule has 0 bridgehead atoms. The third kappa shape index (κ3) is 4.97. The SMILES string of the molecule is C#CCCCOC(=O)c1ccc(CS(=O)(=O)c2ccccc2)cc1. The van der Waals surface area contributed by atoms with Gasteiger partial charge in [-0.2, -0.15) is 0 Å². The fourth-order valence-electron chi connectivity index (χ4n) is 2.09. The lowest BCUT2D eigenvalue weighted by Crippen LogP contribution is -2.08. The van der Waals surface area contributed by atoms with Gasteiger partial charge < -0.3 is 4.74 Å². The second kappa shape index (κ2) is 8.32. The minimum atomic E-state index is -3.40. The molecule has 24 heavy (non-hydrogen) atoms. The molecule has 0 atom stereocenters. The van der Waals surface area contributed by atoms with Crippen LogP contribution < -0.4 is 0 Å². The molecule has 0 N–H and O–H groups in total. The largest absolute Gasteiger partial charge is 0.462 e. The maximum absolute atomic E-state index is 12.3. The van der Waals surface area contributed by atoms with Crippen LogP contribution in [-0.4, -0.2) is 21.0 Å². The van der Waals surface area contributed by atoms with Gasteiger partial charge in [0.25, 0.3) is 0 Å². The Kier molecular flexibility index (Phi) is 6.16. The van der Waals surface area contributed by atoms with E-state index in [-0.39, 0.29) is 17.3 Å². The number of rotatable bonds is 7. The molecule has 0 fully saturated rings. The smallest absolute Gasteiger partial charge is 0.338 e. The zero-order chi connectivity index (χ0) is 17.4. The van der Waals surface area contributed by atoms with Crippen molar-refractivity contribution < 1.29 is 17.9 Å². The van der Waals surface area contributed by atoms with Gasteiger partial charge in [0.2, 0.25) is 0 Å². The summed E-state index contributed by atoms with van der Waals surface area (Å²) in [5.41, 5.74) is 0.999. The number of carbonyl (C=O) groups excluding carboxylic acids is 1. The van der Waals surface area contributed by atoms with Crippen molar-refractivity contribution in [3.8, 4) is 12.3 Å². The molecule has 124 valence electrons. The minimum Gasteiger partial charge on any atom is -0.462 e. The minimum absolute atomic E-state index is 0.117. The third-order valence-corrected chi connectivity index (χ3v) is 5.05. The van der Waals surface area contributed by atoms with Crippen LogP contribution in [0.5, 0.6) is 0 Å². The summed E-state index contributed by atoms with van der Waals surface area (Å²) in [4.78, 5) is 12.1. The van der Waals surface area contributed by atoms with E-state index in [1.54, 1.807) is 54.6 Å². The Balaban J connectivity index is 2.00. The van der Waals surface area contributed by atoms with Crippen molar-refractivity contribution in [2.45, 2.75) is 23.5 Å². The molecular formula is C19H18O4S. The highest BCUT2D eigenvalue weighted by Gasteiger charge is 2.15. The van der Waals surface area contributed by atoms with E-state index in [1.807, 2.05) is 0 Å². The van der Waals surface area contributed by atoms with Crippen molar-refractivity contribution in [3.63, 3.8) is 0 Å². The van der Waals surface area contributed by atoms with Gasteiger partial charge in [0.1, 0.15) is 0 Å². The second-order valence-corrected chi connectivity index (χ2v) is 7.20. The molecule has 2 aromatic carbocycles. The van der Waals surface area contributed by atoms with Crippen LogP contribution in [0.1, 0.15) is 28.8 Å². The molecule has 0 saturated heterocycles. The van der Waals surface area contributed by atoms with Gasteiger partial charge in [-0.25, -0.2) is 13.2 Å². The first-order valence-electron chi connectivity index (χ1n) is 7.50. The van der Waals surface area contributed by atoms with E-state index in [1.165, 1.54) is 0 Å². The Labute approximate surface area is 142 Å². The molecule has 2 aromatic rings. The average Bonchev–Trinajstić information content (AvgIpc) is 2.60. The molecule has 0 amide bonds. The summed E-state index contributed by atoms with van der Waals surface area (Å²) in [5, 5.41) is 0. The highest BCUT2D eigenvalue weighted by Crippen LogP contribution is 2.16. The van der Waals surface area contributed by atoms with Gasteiger partial charge in [0.05, 0.1) is 22.8 Å². The first kappa shape index (κ1) is 17.8. The number of sulfone groups is 1. The molecule has 0 saturated carbocycles. The van der Waals surface area contributed by atoms with E-state index in [4.69, 9.17) is 11.2 Å². The van der Waals surface area contributed by atoms with Gasteiger partial charge in [0, 0.05) is 6.42 Å². The summed E-state index contributed by atoms with van der Waals surface area (Å²) < 4.78 is 29.7. The topological polar surface area (TPSA) is 60.4 Å². The predicted octanol–water partition coefficient (Wildman–Crippen LogP) is 3.23. The monoisotopic (exact) mass is 342 g/mol. The standard InChI is InChI=1S/C19H18O4S/c1-2-3-7-14-23-19(20)17-12-10-16(11-13-17)15-24(21,22)18-8-5-4-6-9-18/h1,4-6,8-13H,3,7,14-15H2. The Morgan fingerprint density at radius 3 is 2.33 bits per heavy atom. The van der Waals surface area contributed by atoms with Crippen molar-refractivity contribution in [3.05, 3.63) is 65.7 Å². The summed E-state index contributed by atoms with van der Waals surface area (Å²) in [7, 11) is -3.40. The zero-order valence-electron chi connectivity index (χ0n) is 13.1. The molecule has 0 heterocycles. The molecule has 0 aliphatic heterocycles. The second-order valence-electron chi connectivity index (χ2n) is 5.21. The summed E-state index contributed by atoms with van der Waals surface area (Å²) >= 11 is 0. The molecule has 0 radical (unpaired) electrons. The molecule has 4 nitrogen and oxygen atoms in total. The number of carbonyl (C=O) groups is 1. The van der Waals surface area contributed by atoms with E-state index in [0.717, 1.165) is 0 Å². The quantitative estimate of drug-likeness (QED) is 0.440. The van der Waals surface area contributed by atoms with Crippen molar-refractivity contribution in [1.82, 2.24) is 0 Å². The molecule has 2 rings (SSSR count). The highest BCUT2D eigenvalue weighted by atomic mass is 32.2. The number of benzene rings is 2. The summed E-state index contributed by atoms with van der Waals surface area (Å²) in [6.07, 6.45) is 6.31. The van der Waals surface area contributed by atoms with E-state index in [9.17, 15) is 13.2 Å². The first-order valence-corrected chi connectivity index (χ1v) is 9.15. The van der Waals surface area contributed by atoms with E-state index >= 15 is 0 Å². The normalized spacial score (nSPS) is 10.8. The lowest BCUT2D eigenvalue weighted by molar-refractivity contribution is 0.0502. The summed E-state index contributed by atoms with van der Waals surface area (Å²) in [5.74, 6) is 1.92. The van der Waals surface area contributed by atoms with Crippen LogP contribution in [0.25, 0.3) is 0 Å². The molecule has 0 spiro atoms. The number of hydrogen-bond acceptors (Lipinski definition) is 4. The maximum atomic E-state index is 12.3. The van der Waals surface area contributed by atoms with Crippen molar-refractivity contribution in [2.24, 2.45) is 0 Å². The Bertz CT molecular complexity index is 816. The van der Waals surface area contributed by atoms with E-state index in [0.29, 0.717) is 24.0 Å². The van der Waals surface area contributed by atoms with Gasteiger partial charge in [-0.15, -0.1) is 12.3 Å². The van der Waals surface area contributed by atoms with E-state index < -0.39 is 15.8 Å². The molecule has 0 aliphatic carbocycles. The number of terminal acetylenes is 1. The lowest BCUT2D eigenvalue weighted by Gasteiger charge is -2.06. The summed E-state index contributed by atoms with van der Waals surface area (Å²) in [6.45, 7) is 0.271. The maximum Gasteiger partial charge on any atom is 0.338 e. The Hall–Kier alpha value is -2.58. The van der Waals surface area contributed by atoms with Crippen molar-refractivity contribution in [2.75, 3.05) is 6.61 Å². The number of unbranched alkanes of at least 4 members (excludes halogenated alkanes) is 1. The van der Waals surface area contributed by atoms with Crippen LogP contribution in [0.15, 0.2) is 59.5 Å². The lowest BCUT2D eigenvalue weighted by atomic mass is 10.1. The number of ether oxygens (including phenoxy) is 1. The van der Waals surface area contributed by atoms with Crippen LogP contribution >= 0.6 is 0 Å². The van der Waals surface area contributed by atoms with Crippen LogP contribution in [0.4, 0.5) is 0 Å². The van der Waals surface area contributed by atoms with Crippen LogP contribution in [0, 0.1) is 12.3 Å². The molecule has 0 unspecified atom stereocenters. The molecule has 0 aliphatic rings. The van der Waals surface area contributed by atoms with Crippen molar-refractivity contribution in [1.29, 1.82) is 0 Å². The fourth-order valence-corrected chi connectivity index (χ4v) is 3.46. The van der Waals surface area contributed by atoms with Gasteiger partial charge in [-0.05, 0) is 36.2 Å². The van der Waals surface area contributed by atoms with Gasteiger partial charge in [-0.3, -0.25) is 0 Å². The zero-order valence-corrected chi connectivity index (χ0v) is 14.0. The van der Waals surface area contributed by atoms with Crippen LogP contribution in [0.3, 0.4) is 0 Å². The molecule has 5 heteroatoms. The third-order valence-electron chi connectivity index (χ3n) is 3.35. The van der Waals surface area contributed by atoms with Gasteiger partial charge in [0.15, 0.2) is 9.84 Å². The summed E-state index contributed by atoms with van der Waals surface area (Å²) in [6, 6.07) is 14.7. The van der Waals surface area contributed by atoms with Gasteiger partial charge >= 0.3 is 5.97 Å². The Morgan fingerprint density at radius 2 is 1.71 bits per heavy atom. The number of hydrogen-bond donors (Lipinski definition) is 0.